The van der Waals surface area contributed by atoms with E-state index in [2.05, 4.69) is 27.4 Å². The molecule has 1 amide bonds. The van der Waals surface area contributed by atoms with E-state index in [0.717, 1.165) is 45.3 Å². The Kier molecular flexibility index (Phi) is 7.31. The fourth-order valence-electron chi connectivity index (χ4n) is 2.18. The lowest BCUT2D eigenvalue weighted by atomic mass is 10.2. The second kappa shape index (κ2) is 7.63. The molecule has 0 unspecified atom stereocenters. The standard InChI is InChI=1S/C13H26NO/c1-5-9-12-14(10-6-2,11-7-3)13(15)8-4/h8H,4-7,9-12H2,1-3H3/q+1. The van der Waals surface area contributed by atoms with Crippen LogP contribution in [0.3, 0.4) is 0 Å². The van der Waals surface area contributed by atoms with Gasteiger partial charge in [-0.15, -0.1) is 0 Å². The lowest BCUT2D eigenvalue weighted by Crippen LogP contribution is -2.53. The summed E-state index contributed by atoms with van der Waals surface area (Å²) in [5.74, 6) is 0.201. The summed E-state index contributed by atoms with van der Waals surface area (Å²) < 4.78 is 0.615. The van der Waals surface area contributed by atoms with Gasteiger partial charge in [0.2, 0.25) is 0 Å². The maximum Gasteiger partial charge on any atom is 0.338 e. The molecule has 2 heteroatoms. The number of amides is 1. The largest absolute Gasteiger partial charge is 0.338 e. The van der Waals surface area contributed by atoms with Gasteiger partial charge in [-0.25, -0.2) is 4.79 Å². The Hall–Kier alpha value is -0.630. The summed E-state index contributed by atoms with van der Waals surface area (Å²) in [5.41, 5.74) is 0. The third-order valence-electron chi connectivity index (χ3n) is 2.89. The lowest BCUT2D eigenvalue weighted by Gasteiger charge is -2.34. The van der Waals surface area contributed by atoms with Gasteiger partial charge in [-0.2, -0.15) is 0 Å². The molecule has 0 aromatic carbocycles. The topological polar surface area (TPSA) is 17.1 Å². The number of carbonyl (C=O) groups excluding carboxylic acids is 1. The summed E-state index contributed by atoms with van der Waals surface area (Å²) in [4.78, 5) is 12.0. The molecule has 0 spiro atoms. The first-order valence-electron chi connectivity index (χ1n) is 6.19. The van der Waals surface area contributed by atoms with Crippen LogP contribution in [0.4, 0.5) is 0 Å². The number of nitrogens with zero attached hydrogens (tertiary/aromatic N) is 1. The highest BCUT2D eigenvalue weighted by Crippen LogP contribution is 2.14. The van der Waals surface area contributed by atoms with E-state index in [1.54, 1.807) is 0 Å². The van der Waals surface area contributed by atoms with Crippen molar-refractivity contribution in [2.45, 2.75) is 46.5 Å². The molecule has 0 heterocycles. The fourth-order valence-corrected chi connectivity index (χ4v) is 2.18. The van der Waals surface area contributed by atoms with Crippen LogP contribution in [0, 0.1) is 0 Å². The summed E-state index contributed by atoms with van der Waals surface area (Å²) in [7, 11) is 0. The zero-order valence-corrected chi connectivity index (χ0v) is 10.6. The molecule has 0 atom stereocenters. The molecule has 88 valence electrons. The Morgan fingerprint density at radius 2 is 1.60 bits per heavy atom. The van der Waals surface area contributed by atoms with Crippen molar-refractivity contribution in [1.82, 2.24) is 0 Å². The molecule has 0 aliphatic rings. The van der Waals surface area contributed by atoms with Crippen LogP contribution in [-0.4, -0.2) is 30.0 Å². The van der Waals surface area contributed by atoms with E-state index in [0.29, 0.717) is 4.48 Å². The Balaban J connectivity index is 4.70. The average molecular weight is 212 g/mol. The second-order valence-corrected chi connectivity index (χ2v) is 4.21. The highest BCUT2D eigenvalue weighted by molar-refractivity contribution is 5.80. The predicted molar refractivity (Wildman–Crippen MR) is 65.6 cm³/mol. The molecule has 0 N–H and O–H groups in total. The molecule has 0 fully saturated rings. The van der Waals surface area contributed by atoms with Crippen molar-refractivity contribution in [3.05, 3.63) is 12.7 Å². The van der Waals surface area contributed by atoms with Crippen LogP contribution in [0.5, 0.6) is 0 Å². The lowest BCUT2D eigenvalue weighted by molar-refractivity contribution is -0.852. The van der Waals surface area contributed by atoms with E-state index in [4.69, 9.17) is 0 Å². The molecule has 0 bridgehead atoms. The highest BCUT2D eigenvalue weighted by Gasteiger charge is 2.31. The molecular formula is C13H26NO+. The Labute approximate surface area is 94.6 Å². The molecule has 0 rings (SSSR count). The summed E-state index contributed by atoms with van der Waals surface area (Å²) in [6, 6.07) is 0. The third-order valence-corrected chi connectivity index (χ3v) is 2.89. The smallest absolute Gasteiger partial charge is 0.257 e. The normalized spacial score (nSPS) is 11.4. The first-order chi connectivity index (χ1) is 7.16. The van der Waals surface area contributed by atoms with Gasteiger partial charge in [-0.05, 0) is 19.3 Å². The van der Waals surface area contributed by atoms with Gasteiger partial charge in [0.1, 0.15) is 0 Å². The molecular weight excluding hydrogens is 186 g/mol. The molecule has 2 nitrogen and oxygen atoms in total. The van der Waals surface area contributed by atoms with Crippen molar-refractivity contribution < 1.29 is 9.28 Å². The summed E-state index contributed by atoms with van der Waals surface area (Å²) >= 11 is 0. The summed E-state index contributed by atoms with van der Waals surface area (Å²) in [6.45, 7) is 13.0. The zero-order valence-electron chi connectivity index (χ0n) is 10.6. The molecule has 0 saturated carbocycles. The molecule has 0 radical (unpaired) electrons. The van der Waals surface area contributed by atoms with Crippen molar-refractivity contribution in [2.24, 2.45) is 0 Å². The van der Waals surface area contributed by atoms with E-state index in [-0.39, 0.29) is 5.91 Å². The SMILES string of the molecule is C=CC(=O)[N+](CCC)(CCC)CCCC. The Morgan fingerprint density at radius 3 is 1.93 bits per heavy atom. The monoisotopic (exact) mass is 212 g/mol. The first-order valence-corrected chi connectivity index (χ1v) is 6.19. The van der Waals surface area contributed by atoms with E-state index in [9.17, 15) is 4.79 Å². The van der Waals surface area contributed by atoms with Gasteiger partial charge in [0.15, 0.2) is 0 Å². The van der Waals surface area contributed by atoms with Crippen LogP contribution >= 0.6 is 0 Å². The maximum atomic E-state index is 12.0. The second-order valence-electron chi connectivity index (χ2n) is 4.21. The molecule has 0 saturated heterocycles. The van der Waals surface area contributed by atoms with Gasteiger partial charge in [0, 0.05) is 6.08 Å². The van der Waals surface area contributed by atoms with E-state index < -0.39 is 0 Å². The third kappa shape index (κ3) is 4.17. The van der Waals surface area contributed by atoms with Gasteiger partial charge in [-0.1, -0.05) is 33.8 Å². The van der Waals surface area contributed by atoms with Crippen LogP contribution in [0.2, 0.25) is 0 Å². The van der Waals surface area contributed by atoms with Crippen molar-refractivity contribution in [1.29, 1.82) is 0 Å². The quantitative estimate of drug-likeness (QED) is 0.446. The van der Waals surface area contributed by atoms with E-state index in [1.165, 1.54) is 6.08 Å². The minimum absolute atomic E-state index is 0.201. The van der Waals surface area contributed by atoms with Gasteiger partial charge in [0.05, 0.1) is 19.6 Å². The molecule has 15 heavy (non-hydrogen) atoms. The van der Waals surface area contributed by atoms with Crippen molar-refractivity contribution in [2.75, 3.05) is 19.6 Å². The maximum absolute atomic E-state index is 12.0. The van der Waals surface area contributed by atoms with Gasteiger partial charge in [0.25, 0.3) is 0 Å². The number of hydrogen-bond acceptors (Lipinski definition) is 1. The van der Waals surface area contributed by atoms with Crippen LogP contribution < -0.4 is 0 Å². The molecule has 0 aliphatic carbocycles. The molecule has 0 aliphatic heterocycles. The number of carbonyl (C=O) groups is 1. The van der Waals surface area contributed by atoms with Crippen LogP contribution in [0.1, 0.15) is 46.5 Å². The summed E-state index contributed by atoms with van der Waals surface area (Å²) in [6.07, 6.45) is 5.89. The Morgan fingerprint density at radius 1 is 1.07 bits per heavy atom. The minimum atomic E-state index is 0.201. The van der Waals surface area contributed by atoms with Crippen LogP contribution in [0.25, 0.3) is 0 Å². The molecule has 0 aromatic heterocycles. The summed E-state index contributed by atoms with van der Waals surface area (Å²) in [5, 5.41) is 0. The number of unbranched alkanes of at least 4 members (excludes halogenated alkanes) is 1. The van der Waals surface area contributed by atoms with E-state index >= 15 is 0 Å². The van der Waals surface area contributed by atoms with Gasteiger partial charge < -0.3 is 0 Å². The fraction of sp³-hybridized carbons (Fsp3) is 0.769. The van der Waals surface area contributed by atoms with E-state index in [1.807, 2.05) is 0 Å². The number of hydrogen-bond donors (Lipinski definition) is 0. The first kappa shape index (κ1) is 14.4. The minimum Gasteiger partial charge on any atom is -0.257 e. The van der Waals surface area contributed by atoms with Gasteiger partial charge in [-0.3, -0.25) is 4.48 Å². The highest BCUT2D eigenvalue weighted by atomic mass is 16.2. The average Bonchev–Trinajstić information content (AvgIpc) is 2.25. The zero-order chi connectivity index (χ0) is 11.7. The molecule has 0 aromatic rings. The van der Waals surface area contributed by atoms with Crippen LogP contribution in [-0.2, 0) is 4.79 Å². The predicted octanol–water partition coefficient (Wildman–Crippen LogP) is 3.14. The number of rotatable bonds is 8. The van der Waals surface area contributed by atoms with Crippen molar-refractivity contribution >= 4 is 5.91 Å². The van der Waals surface area contributed by atoms with Gasteiger partial charge >= 0.3 is 5.91 Å². The number of quaternary nitrogens is 1. The Bertz CT molecular complexity index is 193. The van der Waals surface area contributed by atoms with Crippen molar-refractivity contribution in [3.8, 4) is 0 Å². The van der Waals surface area contributed by atoms with Crippen molar-refractivity contribution in [3.63, 3.8) is 0 Å². The van der Waals surface area contributed by atoms with Crippen LogP contribution in [0.15, 0.2) is 12.7 Å².